The van der Waals surface area contributed by atoms with E-state index in [2.05, 4.69) is 42.6 Å². The van der Waals surface area contributed by atoms with Crippen LogP contribution < -0.4 is 10.2 Å². The van der Waals surface area contributed by atoms with Gasteiger partial charge in [-0.1, -0.05) is 36.4 Å². The van der Waals surface area contributed by atoms with E-state index in [4.69, 9.17) is 0 Å². The Hall–Kier alpha value is -4.68. The molecule has 3 aliphatic heterocycles. The topological polar surface area (TPSA) is 119 Å². The average Bonchev–Trinajstić information content (AvgIpc) is 3.53. The summed E-state index contributed by atoms with van der Waals surface area (Å²) in [5, 5.41) is 7.23. The number of aromatic nitrogens is 2. The van der Waals surface area contributed by atoms with Crippen molar-refractivity contribution >= 4 is 51.1 Å². The lowest BCUT2D eigenvalue weighted by Gasteiger charge is -2.35. The second kappa shape index (κ2) is 10.1. The number of nitrogens with one attached hydrogen (secondary N) is 1. The van der Waals surface area contributed by atoms with Crippen LogP contribution in [0.25, 0.3) is 21.3 Å². The highest BCUT2D eigenvalue weighted by Gasteiger charge is 2.43. The summed E-state index contributed by atoms with van der Waals surface area (Å²) in [6.07, 6.45) is 1.66. The minimum atomic E-state index is -0.770. The number of hydrogen-bond acceptors (Lipinski definition) is 9. The molecule has 2 aromatic carbocycles. The first-order valence-electron chi connectivity index (χ1n) is 13.4. The number of rotatable bonds is 5. The summed E-state index contributed by atoms with van der Waals surface area (Å²) in [7, 11) is 0. The maximum absolute atomic E-state index is 13.2. The second-order valence-electron chi connectivity index (χ2n) is 10.2. The van der Waals surface area contributed by atoms with E-state index in [0.717, 1.165) is 68.9 Å². The quantitative estimate of drug-likeness (QED) is 0.366. The van der Waals surface area contributed by atoms with Gasteiger partial charge in [0.2, 0.25) is 5.91 Å². The number of thiophene rings is 1. The number of carbonyl (C=O) groups excluding carboxylic acids is 4. The standard InChI is InChI=1S/C29H25N7O4S/c37-23-8-9-35(29(40)32-23)36-27(38)20-7-6-18(14-21(20)28(36)39)15-33-10-12-34(13-11-33)25-24-22(19-4-2-1-3-5-19)16-41-26(24)31-17-30-25/h1-7,14,16-17H,8-13,15H2,(H,32,37,40). The number of fused-ring (bicyclic) bond motifs is 2. The molecule has 0 unspecified atom stereocenters. The van der Waals surface area contributed by atoms with Crippen molar-refractivity contribution in [3.05, 3.63) is 76.9 Å². The van der Waals surface area contributed by atoms with Gasteiger partial charge in [0.05, 0.1) is 23.1 Å². The highest BCUT2D eigenvalue weighted by molar-refractivity contribution is 7.17. The van der Waals surface area contributed by atoms with Crippen LogP contribution >= 0.6 is 11.3 Å². The highest BCUT2D eigenvalue weighted by atomic mass is 32.1. The van der Waals surface area contributed by atoms with E-state index in [1.54, 1.807) is 29.8 Å². The molecule has 0 saturated carbocycles. The fourth-order valence-corrected chi connectivity index (χ4v) is 6.55. The monoisotopic (exact) mass is 567 g/mol. The second-order valence-corrected chi connectivity index (χ2v) is 11.0. The Morgan fingerprint density at radius 1 is 0.829 bits per heavy atom. The number of imide groups is 2. The molecule has 206 valence electrons. The molecule has 4 aromatic rings. The Morgan fingerprint density at radius 2 is 1.61 bits per heavy atom. The van der Waals surface area contributed by atoms with Crippen molar-refractivity contribution in [2.24, 2.45) is 0 Å². The van der Waals surface area contributed by atoms with E-state index in [0.29, 0.717) is 6.54 Å². The first kappa shape index (κ1) is 25.3. The number of carbonyl (C=O) groups is 4. The molecule has 41 heavy (non-hydrogen) atoms. The summed E-state index contributed by atoms with van der Waals surface area (Å²) >= 11 is 1.63. The molecule has 0 atom stereocenters. The van der Waals surface area contributed by atoms with Crippen molar-refractivity contribution in [1.29, 1.82) is 0 Å². The molecule has 1 N–H and O–H groups in total. The maximum atomic E-state index is 13.2. The van der Waals surface area contributed by atoms with Gasteiger partial charge in [-0.15, -0.1) is 11.3 Å². The minimum Gasteiger partial charge on any atom is -0.353 e. The van der Waals surface area contributed by atoms with Crippen LogP contribution in [0.4, 0.5) is 10.6 Å². The normalized spacial score (nSPS) is 17.9. The van der Waals surface area contributed by atoms with Crippen molar-refractivity contribution in [2.75, 3.05) is 37.6 Å². The van der Waals surface area contributed by atoms with Crippen LogP contribution in [-0.2, 0) is 11.3 Å². The molecule has 5 amide bonds. The van der Waals surface area contributed by atoms with E-state index in [9.17, 15) is 19.2 Å². The van der Waals surface area contributed by atoms with E-state index in [1.165, 1.54) is 0 Å². The third-order valence-corrected chi connectivity index (χ3v) is 8.60. The summed E-state index contributed by atoms with van der Waals surface area (Å²) < 4.78 is 0. The van der Waals surface area contributed by atoms with Gasteiger partial charge in [-0.2, -0.15) is 5.01 Å². The van der Waals surface area contributed by atoms with Gasteiger partial charge in [-0.25, -0.2) is 19.8 Å². The largest absolute Gasteiger partial charge is 0.353 e. The van der Waals surface area contributed by atoms with Crippen molar-refractivity contribution in [2.45, 2.75) is 13.0 Å². The van der Waals surface area contributed by atoms with Gasteiger partial charge in [0.1, 0.15) is 17.0 Å². The van der Waals surface area contributed by atoms with Crippen molar-refractivity contribution in [3.63, 3.8) is 0 Å². The summed E-state index contributed by atoms with van der Waals surface area (Å²) in [4.78, 5) is 64.7. The first-order chi connectivity index (χ1) is 20.0. The number of urea groups is 1. The number of benzene rings is 2. The highest BCUT2D eigenvalue weighted by Crippen LogP contribution is 2.38. The Bertz CT molecular complexity index is 1710. The number of nitrogens with zero attached hydrogens (tertiary/aromatic N) is 6. The Kier molecular flexibility index (Phi) is 6.20. The molecule has 0 radical (unpaired) electrons. The van der Waals surface area contributed by atoms with Crippen molar-refractivity contribution in [1.82, 2.24) is 30.2 Å². The molecule has 3 aliphatic rings. The lowest BCUT2D eigenvalue weighted by atomic mass is 10.0. The van der Waals surface area contributed by atoms with Gasteiger partial charge in [-0.05, 0) is 23.3 Å². The molecule has 2 aromatic heterocycles. The van der Waals surface area contributed by atoms with Crippen LogP contribution in [0.2, 0.25) is 0 Å². The zero-order valence-electron chi connectivity index (χ0n) is 21.9. The Balaban J connectivity index is 1.05. The molecule has 12 heteroatoms. The maximum Gasteiger partial charge on any atom is 0.343 e. The smallest absolute Gasteiger partial charge is 0.343 e. The molecule has 2 fully saturated rings. The molecule has 5 heterocycles. The number of piperazine rings is 1. The fraction of sp³-hybridized carbons (Fsp3) is 0.241. The SMILES string of the molecule is O=C1CCN(N2C(=O)c3ccc(CN4CCN(c5ncnc6scc(-c7ccccc7)c56)CC4)cc3C2=O)C(=O)N1. The Morgan fingerprint density at radius 3 is 2.39 bits per heavy atom. The number of amides is 5. The van der Waals surface area contributed by atoms with Crippen LogP contribution in [0.3, 0.4) is 0 Å². The van der Waals surface area contributed by atoms with Crippen LogP contribution in [0.1, 0.15) is 32.7 Å². The third kappa shape index (κ3) is 4.41. The number of hydrazine groups is 1. The zero-order valence-corrected chi connectivity index (χ0v) is 22.8. The van der Waals surface area contributed by atoms with Crippen LogP contribution in [0, 0.1) is 0 Å². The number of anilines is 1. The van der Waals surface area contributed by atoms with Gasteiger partial charge < -0.3 is 4.90 Å². The van der Waals surface area contributed by atoms with E-state index in [-0.39, 0.29) is 24.1 Å². The van der Waals surface area contributed by atoms with Gasteiger partial charge in [0.15, 0.2) is 0 Å². The number of hydrogen-bond donors (Lipinski definition) is 1. The average molecular weight is 568 g/mol. The van der Waals surface area contributed by atoms with E-state index in [1.807, 2.05) is 24.3 Å². The summed E-state index contributed by atoms with van der Waals surface area (Å²) in [5.74, 6) is -0.602. The van der Waals surface area contributed by atoms with Crippen LogP contribution in [-0.4, -0.2) is 81.4 Å². The minimum absolute atomic E-state index is 0.0237. The van der Waals surface area contributed by atoms with Gasteiger partial charge in [-0.3, -0.25) is 24.6 Å². The Labute approximate surface area is 239 Å². The molecule has 2 saturated heterocycles. The zero-order chi connectivity index (χ0) is 28.1. The van der Waals surface area contributed by atoms with Crippen LogP contribution in [0.15, 0.2) is 60.2 Å². The van der Waals surface area contributed by atoms with Crippen molar-refractivity contribution in [3.8, 4) is 11.1 Å². The van der Waals surface area contributed by atoms with E-state index >= 15 is 0 Å². The van der Waals surface area contributed by atoms with Gasteiger partial charge in [0, 0.05) is 50.1 Å². The molecule has 0 spiro atoms. The molecule has 0 bridgehead atoms. The van der Waals surface area contributed by atoms with Gasteiger partial charge in [0.25, 0.3) is 11.8 Å². The molecule has 0 aliphatic carbocycles. The predicted molar refractivity (Wildman–Crippen MR) is 152 cm³/mol. The molecular formula is C29H25N7O4S. The fourth-order valence-electron chi connectivity index (χ4n) is 5.64. The first-order valence-corrected chi connectivity index (χ1v) is 14.2. The van der Waals surface area contributed by atoms with Crippen molar-refractivity contribution < 1.29 is 19.2 Å². The van der Waals surface area contributed by atoms with Gasteiger partial charge >= 0.3 is 6.03 Å². The summed E-state index contributed by atoms with van der Waals surface area (Å²) in [6, 6.07) is 14.8. The lowest BCUT2D eigenvalue weighted by molar-refractivity contribution is -0.122. The van der Waals surface area contributed by atoms with Crippen LogP contribution in [0.5, 0.6) is 0 Å². The lowest BCUT2D eigenvalue weighted by Crippen LogP contribution is -2.58. The van der Waals surface area contributed by atoms with E-state index < -0.39 is 23.8 Å². The molecule has 11 nitrogen and oxygen atoms in total. The summed E-state index contributed by atoms with van der Waals surface area (Å²) in [6.45, 7) is 3.77. The predicted octanol–water partition coefficient (Wildman–Crippen LogP) is 3.13. The summed E-state index contributed by atoms with van der Waals surface area (Å²) in [5.41, 5.74) is 3.72. The molecule has 7 rings (SSSR count). The molecular weight excluding hydrogens is 542 g/mol. The third-order valence-electron chi connectivity index (χ3n) is 7.72.